The summed E-state index contributed by atoms with van der Waals surface area (Å²) >= 11 is 0. The molecule has 1 saturated heterocycles. The number of piperidine rings is 1. The lowest BCUT2D eigenvalue weighted by molar-refractivity contribution is -0.119. The van der Waals surface area contributed by atoms with Gasteiger partial charge in [-0.25, -0.2) is 0 Å². The molecule has 0 N–H and O–H groups in total. The number of nitrogens with zero attached hydrogens (tertiary/aromatic N) is 1. The van der Waals surface area contributed by atoms with Gasteiger partial charge in [0.1, 0.15) is 5.78 Å². The summed E-state index contributed by atoms with van der Waals surface area (Å²) in [6, 6.07) is 9.25. The maximum atomic E-state index is 11.1. The minimum atomic E-state index is 0.389. The van der Waals surface area contributed by atoms with E-state index >= 15 is 0 Å². The van der Waals surface area contributed by atoms with E-state index in [9.17, 15) is 4.79 Å². The summed E-state index contributed by atoms with van der Waals surface area (Å²) < 4.78 is 0. The van der Waals surface area contributed by atoms with Gasteiger partial charge in [0.25, 0.3) is 0 Å². The summed E-state index contributed by atoms with van der Waals surface area (Å²) in [6.45, 7) is 3.77. The molecule has 14 heavy (non-hydrogen) atoms. The van der Waals surface area contributed by atoms with Crippen molar-refractivity contribution in [3.8, 4) is 0 Å². The first-order valence-corrected chi connectivity index (χ1v) is 5.01. The highest BCUT2D eigenvalue weighted by Crippen LogP contribution is 2.18. The van der Waals surface area contributed by atoms with Gasteiger partial charge in [0.2, 0.25) is 0 Å². The molecule has 1 fully saturated rings. The van der Waals surface area contributed by atoms with E-state index in [1.54, 1.807) is 0 Å². The second-order valence-electron chi connectivity index (χ2n) is 3.76. The summed E-state index contributed by atoms with van der Waals surface area (Å²) in [6.07, 6.45) is 1.38. The van der Waals surface area contributed by atoms with Gasteiger partial charge in [0, 0.05) is 31.6 Å². The van der Waals surface area contributed by atoms with Gasteiger partial charge in [-0.2, -0.15) is 0 Å². The molecular weight excluding hydrogens is 174 g/mol. The quantitative estimate of drug-likeness (QED) is 0.671. The molecule has 2 heteroatoms. The molecule has 1 radical (unpaired) electrons. The van der Waals surface area contributed by atoms with Crippen molar-refractivity contribution in [3.63, 3.8) is 0 Å². The third-order valence-corrected chi connectivity index (χ3v) is 2.62. The molecule has 0 aromatic heterocycles. The minimum Gasteiger partial charge on any atom is -0.371 e. The second kappa shape index (κ2) is 3.82. The molecule has 0 spiro atoms. The smallest absolute Gasteiger partial charge is 0.136 e. The SMILES string of the molecule is Cc1[c]ccc(N2CCC(=O)CC2)c1. The Morgan fingerprint density at radius 1 is 1.36 bits per heavy atom. The summed E-state index contributed by atoms with van der Waals surface area (Å²) in [7, 11) is 0. The standard InChI is InChI=1S/C12H14NO/c1-10-3-2-4-11(9-10)13-7-5-12(14)6-8-13/h2,4,9H,5-8H2,1H3. The number of rotatable bonds is 1. The summed E-state index contributed by atoms with van der Waals surface area (Å²) in [5, 5.41) is 0. The number of ketones is 1. The molecule has 2 rings (SSSR count). The fraction of sp³-hybridized carbons (Fsp3) is 0.417. The Morgan fingerprint density at radius 2 is 2.07 bits per heavy atom. The molecule has 1 aromatic rings. The Bertz CT molecular complexity index is 336. The highest BCUT2D eigenvalue weighted by atomic mass is 16.1. The average molecular weight is 188 g/mol. The lowest BCUT2D eigenvalue weighted by atomic mass is 10.1. The molecule has 0 saturated carbocycles. The lowest BCUT2D eigenvalue weighted by Gasteiger charge is -2.28. The minimum absolute atomic E-state index is 0.389. The van der Waals surface area contributed by atoms with Gasteiger partial charge < -0.3 is 4.90 Å². The average Bonchev–Trinajstić information content (AvgIpc) is 2.19. The van der Waals surface area contributed by atoms with Crippen LogP contribution in [0.1, 0.15) is 18.4 Å². The number of anilines is 1. The van der Waals surface area contributed by atoms with Crippen LogP contribution in [0.5, 0.6) is 0 Å². The molecule has 0 atom stereocenters. The molecule has 1 aliphatic heterocycles. The van der Waals surface area contributed by atoms with Gasteiger partial charge in [-0.3, -0.25) is 4.79 Å². The number of aryl methyl sites for hydroxylation is 1. The molecule has 1 heterocycles. The fourth-order valence-electron chi connectivity index (χ4n) is 1.78. The molecule has 0 unspecified atom stereocenters. The van der Waals surface area contributed by atoms with Crippen molar-refractivity contribution in [2.45, 2.75) is 19.8 Å². The van der Waals surface area contributed by atoms with E-state index in [1.165, 1.54) is 5.69 Å². The lowest BCUT2D eigenvalue weighted by Crippen LogP contribution is -2.33. The van der Waals surface area contributed by atoms with E-state index in [-0.39, 0.29) is 0 Å². The zero-order valence-electron chi connectivity index (χ0n) is 8.42. The van der Waals surface area contributed by atoms with Crippen molar-refractivity contribution in [2.75, 3.05) is 18.0 Å². The van der Waals surface area contributed by atoms with Gasteiger partial charge in [-0.15, -0.1) is 0 Å². The number of Topliss-reactive ketones (excluding diaryl/α,β-unsaturated/α-hetero) is 1. The Morgan fingerprint density at radius 3 is 2.71 bits per heavy atom. The third-order valence-electron chi connectivity index (χ3n) is 2.62. The van der Waals surface area contributed by atoms with Crippen molar-refractivity contribution in [3.05, 3.63) is 29.8 Å². The van der Waals surface area contributed by atoms with E-state index in [0.717, 1.165) is 18.7 Å². The van der Waals surface area contributed by atoms with Gasteiger partial charge in [0.05, 0.1) is 0 Å². The Kier molecular flexibility index (Phi) is 2.53. The van der Waals surface area contributed by atoms with Crippen molar-refractivity contribution in [1.82, 2.24) is 0 Å². The van der Waals surface area contributed by atoms with E-state index < -0.39 is 0 Å². The number of carbonyl (C=O) groups is 1. The number of hydrogen-bond donors (Lipinski definition) is 0. The first-order chi connectivity index (χ1) is 6.75. The number of benzene rings is 1. The van der Waals surface area contributed by atoms with Crippen molar-refractivity contribution in [2.24, 2.45) is 0 Å². The van der Waals surface area contributed by atoms with Crippen LogP contribution in [0.25, 0.3) is 0 Å². The van der Waals surface area contributed by atoms with Crippen LogP contribution in [0.15, 0.2) is 18.2 Å². The van der Waals surface area contributed by atoms with Crippen LogP contribution in [-0.2, 0) is 4.79 Å². The summed E-state index contributed by atoms with van der Waals surface area (Å²) in [5.41, 5.74) is 2.37. The molecular formula is C12H14NO. The molecule has 1 aliphatic rings. The summed E-state index contributed by atoms with van der Waals surface area (Å²) in [4.78, 5) is 13.3. The Labute approximate surface area is 84.5 Å². The van der Waals surface area contributed by atoms with Gasteiger partial charge in [-0.1, -0.05) is 6.07 Å². The van der Waals surface area contributed by atoms with Gasteiger partial charge in [0.15, 0.2) is 0 Å². The first kappa shape index (κ1) is 9.25. The zero-order valence-corrected chi connectivity index (χ0v) is 8.42. The highest BCUT2D eigenvalue weighted by Gasteiger charge is 2.15. The predicted molar refractivity (Wildman–Crippen MR) is 56.5 cm³/mol. The van der Waals surface area contributed by atoms with Crippen LogP contribution in [0, 0.1) is 13.0 Å². The normalized spacial score (nSPS) is 17.2. The van der Waals surface area contributed by atoms with Crippen LogP contribution in [0.4, 0.5) is 5.69 Å². The van der Waals surface area contributed by atoms with E-state index in [1.807, 2.05) is 13.0 Å². The van der Waals surface area contributed by atoms with Crippen LogP contribution in [0.2, 0.25) is 0 Å². The predicted octanol–water partition coefficient (Wildman–Crippen LogP) is 1.96. The van der Waals surface area contributed by atoms with Crippen LogP contribution < -0.4 is 4.90 Å². The van der Waals surface area contributed by atoms with E-state index in [0.29, 0.717) is 18.6 Å². The Balaban J connectivity index is 2.12. The van der Waals surface area contributed by atoms with Crippen LogP contribution >= 0.6 is 0 Å². The second-order valence-corrected chi connectivity index (χ2v) is 3.76. The first-order valence-electron chi connectivity index (χ1n) is 5.01. The topological polar surface area (TPSA) is 20.3 Å². The van der Waals surface area contributed by atoms with Crippen molar-refractivity contribution >= 4 is 11.5 Å². The molecule has 1 aromatic carbocycles. The summed E-state index contributed by atoms with van der Waals surface area (Å²) in [5.74, 6) is 0.389. The Hall–Kier alpha value is -1.31. The highest BCUT2D eigenvalue weighted by molar-refractivity contribution is 5.81. The van der Waals surface area contributed by atoms with Crippen LogP contribution in [0.3, 0.4) is 0 Å². The van der Waals surface area contributed by atoms with Gasteiger partial charge >= 0.3 is 0 Å². The monoisotopic (exact) mass is 188 g/mol. The third kappa shape index (κ3) is 1.95. The van der Waals surface area contributed by atoms with Crippen molar-refractivity contribution < 1.29 is 4.79 Å². The number of hydrogen-bond acceptors (Lipinski definition) is 2. The largest absolute Gasteiger partial charge is 0.371 e. The van der Waals surface area contributed by atoms with Gasteiger partial charge in [-0.05, 0) is 30.7 Å². The molecule has 73 valence electrons. The molecule has 0 bridgehead atoms. The zero-order chi connectivity index (χ0) is 9.97. The fourth-order valence-corrected chi connectivity index (χ4v) is 1.78. The maximum absolute atomic E-state index is 11.1. The van der Waals surface area contributed by atoms with Crippen LogP contribution in [-0.4, -0.2) is 18.9 Å². The van der Waals surface area contributed by atoms with E-state index in [4.69, 9.17) is 0 Å². The number of carbonyl (C=O) groups excluding carboxylic acids is 1. The molecule has 2 nitrogen and oxygen atoms in total. The molecule has 0 amide bonds. The van der Waals surface area contributed by atoms with Crippen molar-refractivity contribution in [1.29, 1.82) is 0 Å². The maximum Gasteiger partial charge on any atom is 0.136 e. The van der Waals surface area contributed by atoms with E-state index in [2.05, 4.69) is 23.1 Å². The molecule has 0 aliphatic carbocycles.